The average Bonchev–Trinajstić information content (AvgIpc) is 2.70. The second-order valence-electron chi connectivity index (χ2n) is 6.51. The summed E-state index contributed by atoms with van der Waals surface area (Å²) in [6.45, 7) is 7.90. The lowest BCUT2D eigenvalue weighted by molar-refractivity contribution is 0.545. The molecule has 8 heteroatoms. The van der Waals surface area contributed by atoms with Crippen LogP contribution in [-0.2, 0) is 15.3 Å². The van der Waals surface area contributed by atoms with Crippen molar-refractivity contribution >= 4 is 21.5 Å². The number of nitrogens with one attached hydrogen (secondary N) is 2. The third-order valence-corrected chi connectivity index (χ3v) is 5.29. The summed E-state index contributed by atoms with van der Waals surface area (Å²) in [5.74, 6) is 7.74. The summed E-state index contributed by atoms with van der Waals surface area (Å²) in [5.41, 5.74) is 3.14. The number of aromatic nitrogens is 2. The van der Waals surface area contributed by atoms with Gasteiger partial charge in [0, 0.05) is 17.0 Å². The molecule has 1 aromatic rings. The second kappa shape index (κ2) is 5.42. The number of nitrogens with two attached hydrogens (primary N) is 1. The predicted molar refractivity (Wildman–Crippen MR) is 84.0 cm³/mol. The van der Waals surface area contributed by atoms with Crippen LogP contribution in [0.1, 0.15) is 38.6 Å². The van der Waals surface area contributed by atoms with Crippen LogP contribution in [0, 0.1) is 6.92 Å². The molecule has 0 radical (unpaired) electrons. The lowest BCUT2D eigenvalue weighted by Crippen LogP contribution is -2.25. The van der Waals surface area contributed by atoms with Gasteiger partial charge in [-0.2, -0.15) is 0 Å². The first kappa shape index (κ1) is 16.0. The van der Waals surface area contributed by atoms with Crippen LogP contribution in [0.4, 0.5) is 11.6 Å². The van der Waals surface area contributed by atoms with Gasteiger partial charge in [0.1, 0.15) is 17.5 Å². The fourth-order valence-corrected chi connectivity index (χ4v) is 3.91. The van der Waals surface area contributed by atoms with Gasteiger partial charge in [0.05, 0.1) is 11.5 Å². The molecule has 2 heterocycles. The van der Waals surface area contributed by atoms with Crippen LogP contribution in [0.15, 0.2) is 0 Å². The van der Waals surface area contributed by atoms with Gasteiger partial charge in [0.25, 0.3) is 0 Å². The van der Waals surface area contributed by atoms with Gasteiger partial charge in [-0.15, -0.1) is 0 Å². The zero-order valence-corrected chi connectivity index (χ0v) is 13.7. The van der Waals surface area contributed by atoms with Crippen molar-refractivity contribution in [2.75, 3.05) is 22.2 Å². The molecular formula is C13H23N5O2S. The van der Waals surface area contributed by atoms with Crippen molar-refractivity contribution in [3.8, 4) is 0 Å². The Balaban J connectivity index is 2.34. The first-order valence-corrected chi connectivity index (χ1v) is 8.77. The topological polar surface area (TPSA) is 110 Å². The Labute approximate surface area is 125 Å². The third-order valence-electron chi connectivity index (χ3n) is 3.53. The van der Waals surface area contributed by atoms with E-state index in [1.807, 2.05) is 27.7 Å². The molecular weight excluding hydrogens is 290 g/mol. The Morgan fingerprint density at radius 3 is 2.33 bits per heavy atom. The van der Waals surface area contributed by atoms with Crippen molar-refractivity contribution in [1.29, 1.82) is 0 Å². The monoisotopic (exact) mass is 313 g/mol. The zero-order valence-electron chi connectivity index (χ0n) is 12.9. The van der Waals surface area contributed by atoms with E-state index in [0.29, 0.717) is 23.9 Å². The second-order valence-corrected chi connectivity index (χ2v) is 8.74. The summed E-state index contributed by atoms with van der Waals surface area (Å²) in [6, 6.07) is -0.109. The van der Waals surface area contributed by atoms with Crippen molar-refractivity contribution in [2.24, 2.45) is 5.84 Å². The molecule has 2 rings (SSSR count). The quantitative estimate of drug-likeness (QED) is 0.563. The number of sulfone groups is 1. The molecule has 0 amide bonds. The van der Waals surface area contributed by atoms with Gasteiger partial charge in [-0.3, -0.25) is 0 Å². The fourth-order valence-electron chi connectivity index (χ4n) is 2.24. The van der Waals surface area contributed by atoms with Crippen molar-refractivity contribution in [2.45, 2.75) is 45.6 Å². The molecule has 4 N–H and O–H groups in total. The van der Waals surface area contributed by atoms with Crippen LogP contribution < -0.4 is 16.6 Å². The normalized spacial score (nSPS) is 21.3. The van der Waals surface area contributed by atoms with Crippen LogP contribution >= 0.6 is 0 Å². The highest BCUT2D eigenvalue weighted by atomic mass is 32.2. The molecule has 0 aromatic carbocycles. The van der Waals surface area contributed by atoms with E-state index in [4.69, 9.17) is 5.84 Å². The van der Waals surface area contributed by atoms with Crippen LogP contribution in [-0.4, -0.2) is 35.9 Å². The largest absolute Gasteiger partial charge is 0.366 e. The molecule has 0 bridgehead atoms. The first-order valence-electron chi connectivity index (χ1n) is 6.95. The molecule has 1 aliphatic heterocycles. The number of nitrogens with zero attached hydrogens (tertiary/aromatic N) is 2. The van der Waals surface area contributed by atoms with Crippen LogP contribution in [0.2, 0.25) is 0 Å². The van der Waals surface area contributed by atoms with Crippen molar-refractivity contribution in [1.82, 2.24) is 9.97 Å². The van der Waals surface area contributed by atoms with Gasteiger partial charge >= 0.3 is 0 Å². The standard InChI is InChI=1S/C13H23N5O2S/c1-8-10(15-9-5-6-21(19,20)7-9)16-12(13(2,3)4)17-11(8)18-14/h9H,5-7,14H2,1-4H3,(H2,15,16,17,18). The van der Waals surface area contributed by atoms with E-state index < -0.39 is 9.84 Å². The number of rotatable bonds is 3. The van der Waals surface area contributed by atoms with E-state index in [9.17, 15) is 8.42 Å². The lowest BCUT2D eigenvalue weighted by atomic mass is 9.95. The first-order chi connectivity index (χ1) is 9.62. The maximum atomic E-state index is 11.6. The van der Waals surface area contributed by atoms with Gasteiger partial charge in [0.2, 0.25) is 0 Å². The zero-order chi connectivity index (χ0) is 15.8. The van der Waals surface area contributed by atoms with Crippen LogP contribution in [0.25, 0.3) is 0 Å². The molecule has 1 aliphatic rings. The lowest BCUT2D eigenvalue weighted by Gasteiger charge is -2.22. The van der Waals surface area contributed by atoms with E-state index in [2.05, 4.69) is 20.7 Å². The Kier molecular flexibility index (Phi) is 4.12. The van der Waals surface area contributed by atoms with Crippen molar-refractivity contribution < 1.29 is 8.42 Å². The van der Waals surface area contributed by atoms with E-state index in [1.54, 1.807) is 0 Å². The summed E-state index contributed by atoms with van der Waals surface area (Å²) in [7, 11) is -2.93. The number of hydrogen-bond acceptors (Lipinski definition) is 7. The summed E-state index contributed by atoms with van der Waals surface area (Å²) < 4.78 is 23.1. The minimum absolute atomic E-state index is 0.109. The van der Waals surface area contributed by atoms with Gasteiger partial charge in [0.15, 0.2) is 9.84 Å². The number of anilines is 2. The Hall–Kier alpha value is -1.41. The van der Waals surface area contributed by atoms with Crippen LogP contribution in [0.5, 0.6) is 0 Å². The molecule has 1 fully saturated rings. The highest BCUT2D eigenvalue weighted by Gasteiger charge is 2.29. The summed E-state index contributed by atoms with van der Waals surface area (Å²) in [5, 5.41) is 3.23. The Morgan fingerprint density at radius 1 is 1.24 bits per heavy atom. The number of hydrogen-bond donors (Lipinski definition) is 3. The van der Waals surface area contributed by atoms with E-state index in [-0.39, 0.29) is 23.0 Å². The van der Waals surface area contributed by atoms with Crippen molar-refractivity contribution in [3.05, 3.63) is 11.4 Å². The smallest absolute Gasteiger partial charge is 0.152 e. The molecule has 7 nitrogen and oxygen atoms in total. The highest BCUT2D eigenvalue weighted by molar-refractivity contribution is 7.91. The SMILES string of the molecule is Cc1c(NN)nc(C(C)(C)C)nc1NC1CCS(=O)(=O)C1. The number of hydrazine groups is 1. The molecule has 118 valence electrons. The number of nitrogen functional groups attached to an aromatic ring is 1. The molecule has 1 unspecified atom stereocenters. The highest BCUT2D eigenvalue weighted by Crippen LogP contribution is 2.27. The Morgan fingerprint density at radius 2 is 1.86 bits per heavy atom. The van der Waals surface area contributed by atoms with Gasteiger partial charge in [-0.25, -0.2) is 24.2 Å². The minimum Gasteiger partial charge on any atom is -0.366 e. The molecule has 1 aromatic heterocycles. The Bertz CT molecular complexity index is 637. The predicted octanol–water partition coefficient (Wildman–Crippen LogP) is 0.967. The third kappa shape index (κ3) is 3.62. The molecule has 1 atom stereocenters. The maximum Gasteiger partial charge on any atom is 0.152 e. The van der Waals surface area contributed by atoms with Crippen LogP contribution in [0.3, 0.4) is 0 Å². The molecule has 0 aliphatic carbocycles. The van der Waals surface area contributed by atoms with Crippen molar-refractivity contribution in [3.63, 3.8) is 0 Å². The summed E-state index contributed by atoms with van der Waals surface area (Å²) >= 11 is 0. The van der Waals surface area contributed by atoms with Gasteiger partial charge < -0.3 is 10.7 Å². The molecule has 1 saturated heterocycles. The molecule has 21 heavy (non-hydrogen) atoms. The van der Waals surface area contributed by atoms with E-state index in [0.717, 1.165) is 5.56 Å². The average molecular weight is 313 g/mol. The van der Waals surface area contributed by atoms with Gasteiger partial charge in [-0.05, 0) is 13.3 Å². The minimum atomic E-state index is -2.93. The molecule has 0 spiro atoms. The summed E-state index contributed by atoms with van der Waals surface area (Å²) in [6.07, 6.45) is 0.599. The molecule has 0 saturated carbocycles. The van der Waals surface area contributed by atoms with Gasteiger partial charge in [-0.1, -0.05) is 20.8 Å². The van der Waals surface area contributed by atoms with E-state index in [1.165, 1.54) is 0 Å². The van der Waals surface area contributed by atoms with E-state index >= 15 is 0 Å². The fraction of sp³-hybridized carbons (Fsp3) is 0.692. The summed E-state index contributed by atoms with van der Waals surface area (Å²) in [4.78, 5) is 8.97. The maximum absolute atomic E-state index is 11.6.